The Morgan fingerprint density at radius 2 is 1.94 bits per heavy atom. The number of nitrogens with zero attached hydrogens (tertiary/aromatic N) is 3. The van der Waals surface area contributed by atoms with E-state index in [4.69, 9.17) is 0 Å². The van der Waals surface area contributed by atoms with E-state index >= 15 is 0 Å². The SMILES string of the molecule is CNC(=O)Nc1cc(Nc2ncc(F)c(N[C@@H]3CC4CCCN4C(C)(C)C3)n2)c(F)cc1C1CC1. The number of hydrogen-bond acceptors (Lipinski definition) is 6. The highest BCUT2D eigenvalue weighted by molar-refractivity contribution is 5.91. The number of nitrogens with one attached hydrogen (secondary N) is 4. The monoisotopic (exact) mass is 485 g/mol. The summed E-state index contributed by atoms with van der Waals surface area (Å²) < 4.78 is 29.6. The van der Waals surface area contributed by atoms with Gasteiger partial charge in [-0.2, -0.15) is 4.98 Å². The highest BCUT2D eigenvalue weighted by atomic mass is 19.1. The second kappa shape index (κ2) is 9.22. The number of carbonyl (C=O) groups is 1. The van der Waals surface area contributed by atoms with Crippen LogP contribution in [0.2, 0.25) is 0 Å². The Morgan fingerprint density at radius 1 is 1.14 bits per heavy atom. The summed E-state index contributed by atoms with van der Waals surface area (Å²) >= 11 is 0. The molecule has 0 bridgehead atoms. The smallest absolute Gasteiger partial charge is 0.318 e. The predicted octanol–water partition coefficient (Wildman–Crippen LogP) is 4.94. The van der Waals surface area contributed by atoms with Crippen LogP contribution in [0.15, 0.2) is 18.3 Å². The number of amides is 2. The number of halogens is 2. The number of carbonyl (C=O) groups excluding carboxylic acids is 1. The molecule has 4 N–H and O–H groups in total. The minimum atomic E-state index is -0.547. The number of aromatic nitrogens is 2. The van der Waals surface area contributed by atoms with Crippen molar-refractivity contribution in [1.82, 2.24) is 20.2 Å². The predicted molar refractivity (Wildman–Crippen MR) is 132 cm³/mol. The Morgan fingerprint density at radius 3 is 2.69 bits per heavy atom. The van der Waals surface area contributed by atoms with Crippen molar-refractivity contribution in [3.05, 3.63) is 35.5 Å². The average Bonchev–Trinajstić information content (AvgIpc) is 3.54. The molecule has 2 amide bonds. The van der Waals surface area contributed by atoms with E-state index in [0.717, 1.165) is 50.4 Å². The highest BCUT2D eigenvalue weighted by Gasteiger charge is 2.43. The van der Waals surface area contributed by atoms with Gasteiger partial charge in [0.05, 0.1) is 11.9 Å². The van der Waals surface area contributed by atoms with Crippen molar-refractivity contribution in [3.63, 3.8) is 0 Å². The van der Waals surface area contributed by atoms with Gasteiger partial charge in [0.2, 0.25) is 5.95 Å². The number of anilines is 4. The third-order valence-electron chi connectivity index (χ3n) is 7.42. The minimum absolute atomic E-state index is 0.0300. The highest BCUT2D eigenvalue weighted by Crippen LogP contribution is 2.45. The molecule has 5 rings (SSSR count). The maximum atomic E-state index is 14.9. The van der Waals surface area contributed by atoms with Crippen molar-refractivity contribution in [2.24, 2.45) is 0 Å². The summed E-state index contributed by atoms with van der Waals surface area (Å²) in [6.45, 7) is 5.59. The number of rotatable bonds is 6. The van der Waals surface area contributed by atoms with Gasteiger partial charge >= 0.3 is 6.03 Å². The zero-order valence-corrected chi connectivity index (χ0v) is 20.4. The van der Waals surface area contributed by atoms with Crippen LogP contribution < -0.4 is 21.3 Å². The van der Waals surface area contributed by atoms with E-state index in [1.165, 1.54) is 25.6 Å². The van der Waals surface area contributed by atoms with Crippen molar-refractivity contribution >= 4 is 29.2 Å². The average molecular weight is 486 g/mol. The number of fused-ring (bicyclic) bond motifs is 1. The quantitative estimate of drug-likeness (QED) is 0.463. The summed E-state index contributed by atoms with van der Waals surface area (Å²) in [5.74, 6) is -0.608. The largest absolute Gasteiger partial charge is 0.365 e. The molecule has 3 heterocycles. The van der Waals surface area contributed by atoms with Crippen LogP contribution in [0, 0.1) is 11.6 Å². The Labute approximate surface area is 204 Å². The first-order valence-electron chi connectivity index (χ1n) is 12.4. The molecule has 35 heavy (non-hydrogen) atoms. The second-order valence-corrected chi connectivity index (χ2v) is 10.5. The van der Waals surface area contributed by atoms with E-state index in [9.17, 15) is 13.6 Å². The standard InChI is InChI=1S/C25H33F2N7O/c1-25(2)12-15(9-16-5-4-8-34(16)25)30-22-19(27)13-29-23(33-22)31-21-11-20(32-24(35)28-3)17(10-18(21)26)14-6-7-14/h10-11,13-16H,4-9,12H2,1-3H3,(H2,28,32,35)(H2,29,30,31,33)/t15-,16?/m1/s1. The second-order valence-electron chi connectivity index (χ2n) is 10.5. The summed E-state index contributed by atoms with van der Waals surface area (Å²) in [5.41, 5.74) is 1.43. The molecule has 1 aliphatic carbocycles. The summed E-state index contributed by atoms with van der Waals surface area (Å²) in [6, 6.07) is 3.16. The first-order chi connectivity index (χ1) is 16.7. The Balaban J connectivity index is 1.35. The molecule has 188 valence electrons. The van der Waals surface area contributed by atoms with E-state index in [1.54, 1.807) is 0 Å². The molecule has 2 atom stereocenters. The van der Waals surface area contributed by atoms with Crippen LogP contribution in [0.3, 0.4) is 0 Å². The van der Waals surface area contributed by atoms with E-state index < -0.39 is 11.6 Å². The first kappa shape index (κ1) is 23.7. The molecule has 1 unspecified atom stereocenters. The van der Waals surface area contributed by atoms with E-state index in [1.807, 2.05) is 0 Å². The maximum Gasteiger partial charge on any atom is 0.318 e. The Bertz CT molecular complexity index is 1120. The topological polar surface area (TPSA) is 94.2 Å². The molecule has 2 aromatic rings. The number of piperidine rings is 1. The summed E-state index contributed by atoms with van der Waals surface area (Å²) in [7, 11) is 1.52. The molecule has 8 nitrogen and oxygen atoms in total. The van der Waals surface area contributed by atoms with Gasteiger partial charge in [-0.05, 0) is 82.5 Å². The van der Waals surface area contributed by atoms with Crippen molar-refractivity contribution in [2.75, 3.05) is 29.5 Å². The molecule has 1 saturated carbocycles. The van der Waals surface area contributed by atoms with Crippen LogP contribution in [0.4, 0.5) is 36.7 Å². The fraction of sp³-hybridized carbons (Fsp3) is 0.560. The van der Waals surface area contributed by atoms with Crippen molar-refractivity contribution in [3.8, 4) is 0 Å². The fourth-order valence-electron chi connectivity index (χ4n) is 5.67. The van der Waals surface area contributed by atoms with Gasteiger partial charge in [-0.15, -0.1) is 0 Å². The van der Waals surface area contributed by atoms with Gasteiger partial charge in [-0.25, -0.2) is 18.6 Å². The molecule has 0 radical (unpaired) electrons. The van der Waals surface area contributed by atoms with Gasteiger partial charge in [-0.1, -0.05) is 0 Å². The van der Waals surface area contributed by atoms with Crippen LogP contribution in [0.1, 0.15) is 63.9 Å². The third kappa shape index (κ3) is 5.03. The van der Waals surface area contributed by atoms with E-state index in [-0.39, 0.29) is 41.0 Å². The van der Waals surface area contributed by atoms with Crippen molar-refractivity contribution in [1.29, 1.82) is 0 Å². The molecule has 0 spiro atoms. The van der Waals surface area contributed by atoms with Crippen LogP contribution in [-0.2, 0) is 0 Å². The van der Waals surface area contributed by atoms with Gasteiger partial charge < -0.3 is 21.3 Å². The Kier molecular flexibility index (Phi) is 6.25. The van der Waals surface area contributed by atoms with E-state index in [0.29, 0.717) is 11.7 Å². The van der Waals surface area contributed by atoms with E-state index in [2.05, 4.69) is 50.0 Å². The zero-order chi connectivity index (χ0) is 24.7. The molecule has 1 aromatic carbocycles. The molecule has 2 saturated heterocycles. The molecule has 3 aliphatic rings. The molecule has 10 heteroatoms. The lowest BCUT2D eigenvalue weighted by atomic mass is 9.84. The lowest BCUT2D eigenvalue weighted by molar-refractivity contribution is 0.0500. The fourth-order valence-corrected chi connectivity index (χ4v) is 5.67. The van der Waals surface area contributed by atoms with Crippen LogP contribution >= 0.6 is 0 Å². The van der Waals surface area contributed by atoms with Gasteiger partial charge in [0.15, 0.2) is 11.6 Å². The molecule has 3 fully saturated rings. The van der Waals surface area contributed by atoms with Crippen molar-refractivity contribution in [2.45, 2.75) is 75.9 Å². The molecule has 2 aliphatic heterocycles. The van der Waals surface area contributed by atoms with Crippen LogP contribution in [-0.4, -0.2) is 52.1 Å². The van der Waals surface area contributed by atoms with Gasteiger partial charge in [0.25, 0.3) is 0 Å². The first-order valence-corrected chi connectivity index (χ1v) is 12.4. The van der Waals surface area contributed by atoms with Gasteiger partial charge in [0, 0.05) is 30.4 Å². The normalized spacial score (nSPS) is 23.5. The molecular weight excluding hydrogens is 452 g/mol. The van der Waals surface area contributed by atoms with Crippen LogP contribution in [0.5, 0.6) is 0 Å². The summed E-state index contributed by atoms with van der Waals surface area (Å²) in [5, 5.41) is 11.4. The van der Waals surface area contributed by atoms with Gasteiger partial charge in [-0.3, -0.25) is 4.90 Å². The van der Waals surface area contributed by atoms with Gasteiger partial charge in [0.1, 0.15) is 5.82 Å². The number of benzene rings is 1. The van der Waals surface area contributed by atoms with Crippen LogP contribution in [0.25, 0.3) is 0 Å². The lowest BCUT2D eigenvalue weighted by Gasteiger charge is -2.47. The minimum Gasteiger partial charge on any atom is -0.365 e. The lowest BCUT2D eigenvalue weighted by Crippen LogP contribution is -2.55. The Hall–Kier alpha value is -3.01. The maximum absolute atomic E-state index is 14.9. The van der Waals surface area contributed by atoms with Crippen molar-refractivity contribution < 1.29 is 13.6 Å². The summed E-state index contributed by atoms with van der Waals surface area (Å²) in [4.78, 5) is 22.8. The molecule has 1 aromatic heterocycles. The third-order valence-corrected chi connectivity index (χ3v) is 7.42. The summed E-state index contributed by atoms with van der Waals surface area (Å²) in [6.07, 6.45) is 7.17. The number of urea groups is 1. The zero-order valence-electron chi connectivity index (χ0n) is 20.4. The molecular formula is C25H33F2N7O. The number of hydrogen-bond donors (Lipinski definition) is 4.